The fourth-order valence-corrected chi connectivity index (χ4v) is 2.59. The first-order valence-corrected chi connectivity index (χ1v) is 8.57. The molecule has 2 amide bonds. The number of amides is 2. The number of hydrogen-bond donors (Lipinski definition) is 3. The number of primary amides is 1. The van der Waals surface area contributed by atoms with Gasteiger partial charge in [0.2, 0.25) is 11.8 Å². The molecule has 27 heavy (non-hydrogen) atoms. The summed E-state index contributed by atoms with van der Waals surface area (Å²) in [5.74, 6) is -0.192. The van der Waals surface area contributed by atoms with Crippen molar-refractivity contribution >= 4 is 28.5 Å². The molecule has 0 saturated heterocycles. The fourth-order valence-electron chi connectivity index (χ4n) is 2.59. The molecule has 0 bridgehead atoms. The molecule has 1 fully saturated rings. The number of carbonyl (C=O) groups excluding carboxylic acids is 2. The molecule has 0 aliphatic heterocycles. The number of aromatic amines is 1. The maximum atomic E-state index is 11.4. The molecule has 2 heterocycles. The average molecular weight is 361 g/mol. The number of pyridine rings is 1. The summed E-state index contributed by atoms with van der Waals surface area (Å²) >= 11 is 0. The van der Waals surface area contributed by atoms with Gasteiger partial charge in [-0.25, -0.2) is 4.98 Å². The molecule has 136 valence electrons. The number of H-pyrrole nitrogens is 1. The lowest BCUT2D eigenvalue weighted by molar-refractivity contribution is -0.119. The van der Waals surface area contributed by atoms with Gasteiger partial charge in [-0.2, -0.15) is 5.26 Å². The number of nitriles is 1. The van der Waals surface area contributed by atoms with Gasteiger partial charge in [0.1, 0.15) is 12.1 Å². The van der Waals surface area contributed by atoms with Gasteiger partial charge in [-0.3, -0.25) is 9.59 Å². The largest absolute Gasteiger partial charge is 0.369 e. The van der Waals surface area contributed by atoms with Crippen LogP contribution in [0.5, 0.6) is 0 Å². The molecule has 2 aromatic heterocycles. The van der Waals surface area contributed by atoms with E-state index in [0.717, 1.165) is 35.0 Å². The number of carbonyl (C=O) groups is 2. The van der Waals surface area contributed by atoms with E-state index in [1.165, 1.54) is 0 Å². The van der Waals surface area contributed by atoms with Crippen molar-refractivity contribution in [3.8, 4) is 17.2 Å². The maximum absolute atomic E-state index is 11.4. The smallest absolute Gasteiger partial charge is 0.238 e. The Kier molecular flexibility index (Phi) is 5.47. The summed E-state index contributed by atoms with van der Waals surface area (Å²) in [5.41, 5.74) is 8.51. The zero-order chi connectivity index (χ0) is 19.2. The van der Waals surface area contributed by atoms with Crippen LogP contribution in [-0.4, -0.2) is 21.8 Å². The van der Waals surface area contributed by atoms with Gasteiger partial charge in [0, 0.05) is 29.4 Å². The highest BCUT2D eigenvalue weighted by Crippen LogP contribution is 2.28. The molecule has 4 N–H and O–H groups in total. The predicted octanol–water partition coefficient (Wildman–Crippen LogP) is 2.96. The summed E-state index contributed by atoms with van der Waals surface area (Å²) in [6.07, 6.45) is 5.52. The van der Waals surface area contributed by atoms with E-state index in [2.05, 4.69) is 15.3 Å². The van der Waals surface area contributed by atoms with Gasteiger partial charge in [-0.15, -0.1) is 0 Å². The minimum atomic E-state index is -0.304. The van der Waals surface area contributed by atoms with Crippen molar-refractivity contribution in [3.05, 3.63) is 48.8 Å². The van der Waals surface area contributed by atoms with E-state index < -0.39 is 0 Å². The highest BCUT2D eigenvalue weighted by Gasteiger charge is 2.26. The van der Waals surface area contributed by atoms with E-state index in [9.17, 15) is 9.59 Å². The molecular weight excluding hydrogens is 342 g/mol. The molecule has 1 saturated carbocycles. The highest BCUT2D eigenvalue weighted by molar-refractivity contribution is 5.94. The van der Waals surface area contributed by atoms with Crippen molar-refractivity contribution in [2.75, 3.05) is 5.32 Å². The zero-order valence-electron chi connectivity index (χ0n) is 14.6. The van der Waals surface area contributed by atoms with Crippen molar-refractivity contribution < 1.29 is 9.59 Å². The molecule has 1 aliphatic carbocycles. The van der Waals surface area contributed by atoms with Crippen molar-refractivity contribution in [2.45, 2.75) is 19.3 Å². The van der Waals surface area contributed by atoms with E-state index in [4.69, 9.17) is 11.0 Å². The van der Waals surface area contributed by atoms with Crippen LogP contribution in [0.1, 0.15) is 19.3 Å². The lowest BCUT2D eigenvalue weighted by Gasteiger charge is -2.06. The van der Waals surface area contributed by atoms with Gasteiger partial charge in [-0.1, -0.05) is 12.1 Å². The Morgan fingerprint density at radius 1 is 1.22 bits per heavy atom. The Labute approximate surface area is 156 Å². The van der Waals surface area contributed by atoms with Crippen molar-refractivity contribution in [2.24, 2.45) is 11.7 Å². The van der Waals surface area contributed by atoms with E-state index >= 15 is 0 Å². The maximum Gasteiger partial charge on any atom is 0.238 e. The third-order valence-electron chi connectivity index (χ3n) is 4.16. The molecule has 7 heteroatoms. The molecular formula is C20H19N5O2. The number of nitrogens with two attached hydrogens (primary N) is 1. The third-order valence-corrected chi connectivity index (χ3v) is 4.16. The van der Waals surface area contributed by atoms with Gasteiger partial charge in [0.05, 0.1) is 6.07 Å². The summed E-state index contributed by atoms with van der Waals surface area (Å²) in [6, 6.07) is 13.3. The number of fused-ring (bicyclic) bond motifs is 1. The minimum Gasteiger partial charge on any atom is -0.369 e. The number of rotatable bonds is 4. The van der Waals surface area contributed by atoms with Gasteiger partial charge in [0.25, 0.3) is 0 Å². The second-order valence-corrected chi connectivity index (χ2v) is 6.24. The monoisotopic (exact) mass is 361 g/mol. The molecule has 7 nitrogen and oxygen atoms in total. The summed E-state index contributed by atoms with van der Waals surface area (Å²) < 4.78 is 0. The van der Waals surface area contributed by atoms with Gasteiger partial charge in [-0.05, 0) is 48.2 Å². The van der Waals surface area contributed by atoms with Crippen molar-refractivity contribution in [1.29, 1.82) is 5.26 Å². The van der Waals surface area contributed by atoms with Crippen molar-refractivity contribution in [1.82, 2.24) is 9.97 Å². The first kappa shape index (κ1) is 18.1. The molecule has 0 radical (unpaired) electrons. The Morgan fingerprint density at radius 3 is 2.56 bits per heavy atom. The third kappa shape index (κ3) is 4.70. The van der Waals surface area contributed by atoms with Crippen LogP contribution in [0.2, 0.25) is 0 Å². The van der Waals surface area contributed by atoms with Crippen LogP contribution in [0.4, 0.5) is 5.69 Å². The second-order valence-electron chi connectivity index (χ2n) is 6.24. The van der Waals surface area contributed by atoms with Crippen LogP contribution in [0.15, 0.2) is 48.8 Å². The average Bonchev–Trinajstić information content (AvgIpc) is 3.41. The normalized spacial score (nSPS) is 12.6. The number of aromatic nitrogens is 2. The lowest BCUT2D eigenvalue weighted by Crippen LogP contribution is -2.11. The summed E-state index contributed by atoms with van der Waals surface area (Å²) in [5, 5.41) is 12.2. The molecule has 0 unspecified atom stereocenters. The predicted molar refractivity (Wildman–Crippen MR) is 102 cm³/mol. The first-order valence-electron chi connectivity index (χ1n) is 8.57. The quantitative estimate of drug-likeness (QED) is 0.660. The first-order chi connectivity index (χ1) is 13.1. The van der Waals surface area contributed by atoms with Crippen LogP contribution in [0, 0.1) is 17.2 Å². The summed E-state index contributed by atoms with van der Waals surface area (Å²) in [6.45, 7) is 0. The number of nitrogens with one attached hydrogen (secondary N) is 2. The molecule has 1 aromatic carbocycles. The SMILES string of the molecule is N#CCC(=O)Nc1ccc(-c2ccnc3[nH]ccc23)cc1.NC(=O)C1CC1. The Hall–Kier alpha value is -3.66. The molecule has 0 spiro atoms. The minimum absolute atomic E-state index is 0.130. The van der Waals surface area contributed by atoms with Crippen LogP contribution in [-0.2, 0) is 9.59 Å². The van der Waals surface area contributed by atoms with E-state index in [0.29, 0.717) is 5.69 Å². The molecule has 4 rings (SSSR count). The molecule has 0 atom stereocenters. The number of anilines is 1. The van der Waals surface area contributed by atoms with Gasteiger partial charge >= 0.3 is 0 Å². The van der Waals surface area contributed by atoms with Crippen LogP contribution in [0.3, 0.4) is 0 Å². The Morgan fingerprint density at radius 2 is 1.96 bits per heavy atom. The summed E-state index contributed by atoms with van der Waals surface area (Å²) in [7, 11) is 0. The highest BCUT2D eigenvalue weighted by atomic mass is 16.2. The molecule has 1 aliphatic rings. The standard InChI is InChI=1S/C16H12N4O.C4H7NO/c17-8-5-15(21)20-12-3-1-11(2-4-12)13-6-9-18-16-14(13)7-10-19-16;5-4(6)3-1-2-3/h1-4,6-7,9-10H,5H2,(H,18,19)(H,20,21);3H,1-2H2,(H2,5,6). The van der Waals surface area contributed by atoms with E-state index in [1.807, 2.05) is 48.7 Å². The zero-order valence-corrected chi connectivity index (χ0v) is 14.6. The van der Waals surface area contributed by atoms with Crippen LogP contribution >= 0.6 is 0 Å². The topological polar surface area (TPSA) is 125 Å². The summed E-state index contributed by atoms with van der Waals surface area (Å²) in [4.78, 5) is 28.7. The van der Waals surface area contributed by atoms with Crippen molar-refractivity contribution in [3.63, 3.8) is 0 Å². The van der Waals surface area contributed by atoms with Gasteiger partial charge < -0.3 is 16.0 Å². The number of nitrogens with zero attached hydrogens (tertiary/aromatic N) is 2. The van der Waals surface area contributed by atoms with Gasteiger partial charge in [0.15, 0.2) is 0 Å². The second kappa shape index (κ2) is 8.15. The van der Waals surface area contributed by atoms with Crippen LogP contribution in [0.25, 0.3) is 22.2 Å². The number of benzene rings is 1. The van der Waals surface area contributed by atoms with Crippen LogP contribution < -0.4 is 11.1 Å². The molecule has 3 aromatic rings. The van der Waals surface area contributed by atoms with E-state index in [1.54, 1.807) is 6.20 Å². The fraction of sp³-hybridized carbons (Fsp3) is 0.200. The lowest BCUT2D eigenvalue weighted by atomic mass is 10.0. The Balaban J connectivity index is 0.000000299. The number of hydrogen-bond acceptors (Lipinski definition) is 4. The Bertz CT molecular complexity index is 997. The van der Waals surface area contributed by atoms with E-state index in [-0.39, 0.29) is 24.2 Å².